The molecule has 2 aromatic heterocycles. The van der Waals surface area contributed by atoms with Gasteiger partial charge >= 0.3 is 0 Å². The van der Waals surface area contributed by atoms with Crippen molar-refractivity contribution >= 4 is 22.4 Å². The number of H-pyrrole nitrogens is 1. The molecule has 0 radical (unpaired) electrons. The largest absolute Gasteiger partial charge is 0.301 e. The van der Waals surface area contributed by atoms with E-state index < -0.39 is 0 Å². The summed E-state index contributed by atoms with van der Waals surface area (Å²) < 4.78 is 0. The zero-order valence-corrected chi connectivity index (χ0v) is 13.3. The number of anilines is 1. The normalized spacial score (nSPS) is 18.2. The van der Waals surface area contributed by atoms with E-state index in [1.54, 1.807) is 12.4 Å². The molecule has 22 heavy (non-hydrogen) atoms. The van der Waals surface area contributed by atoms with Gasteiger partial charge in [-0.3, -0.25) is 9.69 Å². The Bertz CT molecular complexity index is 577. The Morgan fingerprint density at radius 1 is 1.55 bits per heavy atom. The number of aromatic nitrogens is 4. The first-order valence-electron chi connectivity index (χ1n) is 7.51. The monoisotopic (exact) mass is 320 g/mol. The smallest absolute Gasteiger partial charge is 0.243 e. The highest BCUT2D eigenvalue weighted by Gasteiger charge is 2.27. The molecule has 1 unspecified atom stereocenters. The topological polar surface area (TPSA) is 86.8 Å². The minimum Gasteiger partial charge on any atom is -0.301 e. The molecule has 1 atom stereocenters. The third kappa shape index (κ3) is 3.69. The molecule has 1 aliphatic heterocycles. The molecule has 1 amide bonds. The first kappa shape index (κ1) is 15.1. The lowest BCUT2D eigenvalue weighted by Gasteiger charge is -2.35. The number of thiazole rings is 1. The maximum absolute atomic E-state index is 12.2. The molecule has 1 aliphatic rings. The molecule has 1 fully saturated rings. The van der Waals surface area contributed by atoms with Crippen LogP contribution in [0.25, 0.3) is 0 Å². The van der Waals surface area contributed by atoms with Crippen molar-refractivity contribution in [1.29, 1.82) is 0 Å². The molecule has 8 heteroatoms. The molecule has 3 rings (SSSR count). The predicted octanol–water partition coefficient (Wildman–Crippen LogP) is 1.54. The quantitative estimate of drug-likeness (QED) is 0.873. The van der Waals surface area contributed by atoms with Gasteiger partial charge in [0.15, 0.2) is 5.13 Å². The van der Waals surface area contributed by atoms with E-state index in [1.165, 1.54) is 11.3 Å². The molecule has 0 aromatic carbocycles. The van der Waals surface area contributed by atoms with Crippen LogP contribution in [0.1, 0.15) is 25.5 Å². The van der Waals surface area contributed by atoms with Crippen LogP contribution in [0.2, 0.25) is 0 Å². The van der Waals surface area contributed by atoms with Gasteiger partial charge in [0, 0.05) is 11.6 Å². The number of piperidine rings is 1. The highest BCUT2D eigenvalue weighted by atomic mass is 32.1. The van der Waals surface area contributed by atoms with Gasteiger partial charge in [0.2, 0.25) is 5.91 Å². The summed E-state index contributed by atoms with van der Waals surface area (Å²) >= 11 is 1.44. The number of likely N-dealkylation sites (tertiary alicyclic amines) is 1. The average Bonchev–Trinajstić information content (AvgIpc) is 3.21. The fourth-order valence-electron chi connectivity index (χ4n) is 2.82. The van der Waals surface area contributed by atoms with E-state index in [9.17, 15) is 4.79 Å². The summed E-state index contributed by atoms with van der Waals surface area (Å²) in [6.07, 6.45) is 6.62. The lowest BCUT2D eigenvalue weighted by molar-refractivity contribution is -0.121. The van der Waals surface area contributed by atoms with Gasteiger partial charge in [-0.25, -0.2) is 4.98 Å². The van der Waals surface area contributed by atoms with E-state index in [0.29, 0.717) is 11.0 Å². The molecule has 0 bridgehead atoms. The minimum absolute atomic E-state index is 0.0184. The zero-order chi connectivity index (χ0) is 15.4. The maximum atomic E-state index is 12.2. The first-order valence-corrected chi connectivity index (χ1v) is 8.39. The number of carbonyl (C=O) groups excluding carboxylic acids is 1. The summed E-state index contributed by atoms with van der Waals surface area (Å²) in [5.74, 6) is 0.639. The first-order chi connectivity index (χ1) is 10.7. The van der Waals surface area contributed by atoms with Crippen LogP contribution in [-0.2, 0) is 11.2 Å². The molecule has 7 nitrogen and oxygen atoms in total. The second-order valence-corrected chi connectivity index (χ2v) is 6.54. The van der Waals surface area contributed by atoms with E-state index in [-0.39, 0.29) is 11.9 Å². The Balaban J connectivity index is 1.47. The van der Waals surface area contributed by atoms with E-state index >= 15 is 0 Å². The molecule has 2 aromatic rings. The molecule has 0 aliphatic carbocycles. The van der Waals surface area contributed by atoms with Gasteiger partial charge in [0.1, 0.15) is 0 Å². The van der Waals surface area contributed by atoms with Crippen LogP contribution < -0.4 is 5.32 Å². The minimum atomic E-state index is -0.128. The lowest BCUT2D eigenvalue weighted by atomic mass is 9.91. The molecular formula is C14H20N6OS. The number of carbonyl (C=O) groups is 1. The van der Waals surface area contributed by atoms with Gasteiger partial charge in [0.25, 0.3) is 0 Å². The lowest BCUT2D eigenvalue weighted by Crippen LogP contribution is -2.46. The van der Waals surface area contributed by atoms with Crippen LogP contribution in [0, 0.1) is 5.92 Å². The summed E-state index contributed by atoms with van der Waals surface area (Å²) in [5, 5.41) is 16.0. The second-order valence-electron chi connectivity index (χ2n) is 5.65. The van der Waals surface area contributed by atoms with Gasteiger partial charge in [-0.2, -0.15) is 15.4 Å². The van der Waals surface area contributed by atoms with Gasteiger partial charge in [-0.1, -0.05) is 0 Å². The van der Waals surface area contributed by atoms with Crippen molar-refractivity contribution in [1.82, 2.24) is 25.3 Å². The fraction of sp³-hybridized carbons (Fsp3) is 0.571. The van der Waals surface area contributed by atoms with Crippen LogP contribution in [0.3, 0.4) is 0 Å². The highest BCUT2D eigenvalue weighted by Crippen LogP contribution is 2.22. The highest BCUT2D eigenvalue weighted by molar-refractivity contribution is 7.13. The number of hydrogen-bond acceptors (Lipinski definition) is 6. The van der Waals surface area contributed by atoms with Crippen molar-refractivity contribution in [3.05, 3.63) is 23.5 Å². The Kier molecular flexibility index (Phi) is 4.79. The summed E-state index contributed by atoms with van der Waals surface area (Å²) in [4.78, 5) is 18.6. The Hall–Kier alpha value is -1.80. The van der Waals surface area contributed by atoms with Crippen LogP contribution in [0.4, 0.5) is 5.13 Å². The Labute approximate surface area is 133 Å². The molecule has 1 saturated heterocycles. The van der Waals surface area contributed by atoms with E-state index in [4.69, 9.17) is 0 Å². The number of aromatic amines is 1. The fourth-order valence-corrected chi connectivity index (χ4v) is 3.36. The van der Waals surface area contributed by atoms with Crippen molar-refractivity contribution < 1.29 is 4.79 Å². The Morgan fingerprint density at radius 3 is 3.00 bits per heavy atom. The standard InChI is InChI=1S/C14H20N6OS/c1-10(13(21)17-14-15-4-7-22-14)20-5-2-11(3-6-20)8-12-9-16-19-18-12/h4,7,9-11H,2-3,5-6,8H2,1H3,(H,15,17,21)(H,16,18,19). The maximum Gasteiger partial charge on any atom is 0.243 e. The van der Waals surface area contributed by atoms with Gasteiger partial charge < -0.3 is 5.32 Å². The second kappa shape index (κ2) is 6.97. The number of amides is 1. The van der Waals surface area contributed by atoms with Crippen molar-refractivity contribution in [3.63, 3.8) is 0 Å². The summed E-state index contributed by atoms with van der Waals surface area (Å²) in [6, 6.07) is -0.128. The van der Waals surface area contributed by atoms with E-state index in [2.05, 4.69) is 30.6 Å². The summed E-state index contributed by atoms with van der Waals surface area (Å²) in [5.41, 5.74) is 1.02. The van der Waals surface area contributed by atoms with Crippen LogP contribution in [0.15, 0.2) is 17.8 Å². The van der Waals surface area contributed by atoms with Gasteiger partial charge in [0.05, 0.1) is 17.9 Å². The summed E-state index contributed by atoms with van der Waals surface area (Å²) in [7, 11) is 0. The molecular weight excluding hydrogens is 300 g/mol. The molecule has 0 spiro atoms. The number of rotatable bonds is 5. The Morgan fingerprint density at radius 2 is 2.36 bits per heavy atom. The molecule has 3 heterocycles. The van der Waals surface area contributed by atoms with E-state index in [0.717, 1.165) is 38.0 Å². The van der Waals surface area contributed by atoms with Crippen LogP contribution in [0.5, 0.6) is 0 Å². The molecule has 2 N–H and O–H groups in total. The molecule has 0 saturated carbocycles. The molecule has 118 valence electrons. The number of nitrogens with one attached hydrogen (secondary N) is 2. The SMILES string of the molecule is CC(C(=O)Nc1nccs1)N1CCC(Cc2cn[nH]n2)CC1. The number of nitrogens with zero attached hydrogens (tertiary/aromatic N) is 4. The van der Waals surface area contributed by atoms with Gasteiger partial charge in [-0.05, 0) is 45.2 Å². The van der Waals surface area contributed by atoms with Gasteiger partial charge in [-0.15, -0.1) is 11.3 Å². The van der Waals surface area contributed by atoms with Crippen LogP contribution in [-0.4, -0.2) is 50.3 Å². The average molecular weight is 320 g/mol. The zero-order valence-electron chi connectivity index (χ0n) is 12.5. The van der Waals surface area contributed by atoms with Crippen LogP contribution >= 0.6 is 11.3 Å². The van der Waals surface area contributed by atoms with E-state index in [1.807, 2.05) is 12.3 Å². The van der Waals surface area contributed by atoms with Crippen molar-refractivity contribution in [2.75, 3.05) is 18.4 Å². The van der Waals surface area contributed by atoms with Crippen molar-refractivity contribution in [3.8, 4) is 0 Å². The van der Waals surface area contributed by atoms with Crippen molar-refractivity contribution in [2.24, 2.45) is 5.92 Å². The summed E-state index contributed by atoms with van der Waals surface area (Å²) in [6.45, 7) is 3.84. The third-order valence-corrected chi connectivity index (χ3v) is 4.89. The van der Waals surface area contributed by atoms with Crippen molar-refractivity contribution in [2.45, 2.75) is 32.2 Å². The predicted molar refractivity (Wildman–Crippen MR) is 84.6 cm³/mol. The third-order valence-electron chi connectivity index (χ3n) is 4.20. The number of hydrogen-bond donors (Lipinski definition) is 2.